The van der Waals surface area contributed by atoms with Crippen molar-refractivity contribution >= 4 is 0 Å². The Labute approximate surface area is 88.7 Å². The molecule has 1 aliphatic carbocycles. The molecule has 2 unspecified atom stereocenters. The fourth-order valence-electron chi connectivity index (χ4n) is 3.76. The predicted octanol–water partition coefficient (Wildman–Crippen LogP) is 3.06. The molecular weight excluding hydrogens is 170 g/mol. The van der Waals surface area contributed by atoms with Crippen LogP contribution in [0.4, 0.5) is 0 Å². The first-order chi connectivity index (χ1) is 6.70. The molecule has 0 aromatic carbocycles. The van der Waals surface area contributed by atoms with Crippen LogP contribution in [0.15, 0.2) is 0 Å². The summed E-state index contributed by atoms with van der Waals surface area (Å²) in [6.07, 6.45) is 5.85. The van der Waals surface area contributed by atoms with E-state index in [2.05, 4.69) is 26.1 Å². The Kier molecular flexibility index (Phi) is 2.88. The van der Waals surface area contributed by atoms with Crippen molar-refractivity contribution in [2.75, 3.05) is 13.1 Å². The standard InChI is InChI=1S/C13H25N/c1-4-13(11-5-6-11)7-8-14-9-12(13)10(2)3/h10-12,14H,4-9H2,1-3H3. The van der Waals surface area contributed by atoms with Gasteiger partial charge >= 0.3 is 0 Å². The Balaban J connectivity index is 2.16. The normalized spacial score (nSPS) is 39.0. The van der Waals surface area contributed by atoms with E-state index in [-0.39, 0.29) is 0 Å². The lowest BCUT2D eigenvalue weighted by Crippen LogP contribution is -2.48. The second kappa shape index (κ2) is 3.84. The molecule has 1 saturated carbocycles. The molecule has 0 radical (unpaired) electrons. The van der Waals surface area contributed by atoms with E-state index in [0.717, 1.165) is 17.8 Å². The van der Waals surface area contributed by atoms with Gasteiger partial charge in [-0.1, -0.05) is 20.8 Å². The lowest BCUT2D eigenvalue weighted by molar-refractivity contribution is 0.0422. The van der Waals surface area contributed by atoms with Gasteiger partial charge in [-0.05, 0) is 61.9 Å². The highest BCUT2D eigenvalue weighted by molar-refractivity contribution is 5.01. The molecule has 1 heterocycles. The minimum Gasteiger partial charge on any atom is -0.316 e. The molecule has 0 amide bonds. The van der Waals surface area contributed by atoms with Crippen LogP contribution in [0.3, 0.4) is 0 Å². The molecule has 0 bridgehead atoms. The first kappa shape index (κ1) is 10.5. The van der Waals surface area contributed by atoms with Crippen LogP contribution in [0.25, 0.3) is 0 Å². The molecule has 0 aromatic heterocycles. The Morgan fingerprint density at radius 3 is 2.57 bits per heavy atom. The Bertz CT molecular complexity index is 195. The van der Waals surface area contributed by atoms with E-state index in [1.807, 2.05) is 0 Å². The van der Waals surface area contributed by atoms with Crippen molar-refractivity contribution < 1.29 is 0 Å². The van der Waals surface area contributed by atoms with E-state index in [9.17, 15) is 0 Å². The minimum absolute atomic E-state index is 0.708. The first-order valence-corrected chi connectivity index (χ1v) is 6.41. The van der Waals surface area contributed by atoms with Gasteiger partial charge in [-0.2, -0.15) is 0 Å². The second-order valence-electron chi connectivity index (χ2n) is 5.67. The summed E-state index contributed by atoms with van der Waals surface area (Å²) in [5.41, 5.74) is 0.708. The van der Waals surface area contributed by atoms with E-state index in [1.165, 1.54) is 38.8 Å². The van der Waals surface area contributed by atoms with Crippen LogP contribution in [0, 0.1) is 23.2 Å². The van der Waals surface area contributed by atoms with Gasteiger partial charge in [0.15, 0.2) is 0 Å². The summed E-state index contributed by atoms with van der Waals surface area (Å²) in [7, 11) is 0. The Morgan fingerprint density at radius 1 is 1.36 bits per heavy atom. The number of hydrogen-bond acceptors (Lipinski definition) is 1. The zero-order chi connectivity index (χ0) is 10.2. The van der Waals surface area contributed by atoms with E-state index in [4.69, 9.17) is 0 Å². The van der Waals surface area contributed by atoms with Gasteiger partial charge in [0.2, 0.25) is 0 Å². The molecule has 2 atom stereocenters. The summed E-state index contributed by atoms with van der Waals surface area (Å²) >= 11 is 0. The van der Waals surface area contributed by atoms with Gasteiger partial charge in [-0.15, -0.1) is 0 Å². The van der Waals surface area contributed by atoms with Gasteiger partial charge in [0.05, 0.1) is 0 Å². The van der Waals surface area contributed by atoms with Crippen LogP contribution < -0.4 is 5.32 Å². The molecule has 1 heteroatoms. The average molecular weight is 195 g/mol. The molecule has 2 aliphatic rings. The van der Waals surface area contributed by atoms with Crippen LogP contribution in [-0.2, 0) is 0 Å². The fourth-order valence-corrected chi connectivity index (χ4v) is 3.76. The van der Waals surface area contributed by atoms with Gasteiger partial charge in [-0.3, -0.25) is 0 Å². The summed E-state index contributed by atoms with van der Waals surface area (Å²) in [5, 5.41) is 3.59. The number of hydrogen-bond donors (Lipinski definition) is 1. The molecule has 1 nitrogen and oxygen atoms in total. The highest BCUT2D eigenvalue weighted by Crippen LogP contribution is 2.56. The van der Waals surface area contributed by atoms with Crippen molar-refractivity contribution in [3.05, 3.63) is 0 Å². The topological polar surface area (TPSA) is 12.0 Å². The largest absolute Gasteiger partial charge is 0.316 e. The summed E-state index contributed by atoms with van der Waals surface area (Å²) in [6, 6.07) is 0. The predicted molar refractivity (Wildman–Crippen MR) is 61.3 cm³/mol. The van der Waals surface area contributed by atoms with Gasteiger partial charge in [0, 0.05) is 0 Å². The fraction of sp³-hybridized carbons (Fsp3) is 1.00. The molecular formula is C13H25N. The minimum atomic E-state index is 0.708. The first-order valence-electron chi connectivity index (χ1n) is 6.41. The molecule has 0 aromatic rings. The Hall–Kier alpha value is -0.0400. The van der Waals surface area contributed by atoms with Crippen LogP contribution in [0.2, 0.25) is 0 Å². The van der Waals surface area contributed by atoms with Gasteiger partial charge in [0.25, 0.3) is 0 Å². The maximum Gasteiger partial charge on any atom is -0.00126 e. The van der Waals surface area contributed by atoms with Gasteiger partial charge in [-0.25, -0.2) is 0 Å². The highest BCUT2D eigenvalue weighted by Gasteiger charge is 2.50. The molecule has 14 heavy (non-hydrogen) atoms. The third kappa shape index (κ3) is 1.60. The maximum absolute atomic E-state index is 3.59. The molecule has 1 aliphatic heterocycles. The van der Waals surface area contributed by atoms with Crippen molar-refractivity contribution in [3.63, 3.8) is 0 Å². The third-order valence-corrected chi connectivity index (χ3v) is 4.72. The molecule has 0 spiro atoms. The van der Waals surface area contributed by atoms with Crippen molar-refractivity contribution in [2.24, 2.45) is 23.2 Å². The lowest BCUT2D eigenvalue weighted by Gasteiger charge is -2.47. The molecule has 1 saturated heterocycles. The molecule has 2 rings (SSSR count). The van der Waals surface area contributed by atoms with E-state index in [0.29, 0.717) is 5.41 Å². The summed E-state index contributed by atoms with van der Waals surface area (Å²) in [6.45, 7) is 9.75. The van der Waals surface area contributed by atoms with Crippen LogP contribution >= 0.6 is 0 Å². The molecule has 1 N–H and O–H groups in total. The number of rotatable bonds is 3. The van der Waals surface area contributed by atoms with Crippen molar-refractivity contribution in [1.29, 1.82) is 0 Å². The summed E-state index contributed by atoms with van der Waals surface area (Å²) < 4.78 is 0. The van der Waals surface area contributed by atoms with Gasteiger partial charge in [0.1, 0.15) is 0 Å². The number of piperidine rings is 1. The maximum atomic E-state index is 3.59. The highest BCUT2D eigenvalue weighted by atomic mass is 14.9. The zero-order valence-electron chi connectivity index (χ0n) is 9.97. The summed E-state index contributed by atoms with van der Waals surface area (Å²) in [4.78, 5) is 0. The van der Waals surface area contributed by atoms with Crippen molar-refractivity contribution in [3.8, 4) is 0 Å². The van der Waals surface area contributed by atoms with Crippen molar-refractivity contribution in [1.82, 2.24) is 5.32 Å². The molecule has 82 valence electrons. The molecule has 2 fully saturated rings. The van der Waals surface area contributed by atoms with Crippen LogP contribution in [0.5, 0.6) is 0 Å². The Morgan fingerprint density at radius 2 is 2.07 bits per heavy atom. The van der Waals surface area contributed by atoms with Crippen LogP contribution in [0.1, 0.15) is 46.5 Å². The SMILES string of the molecule is CCC1(C2CC2)CCNCC1C(C)C. The van der Waals surface area contributed by atoms with E-state index < -0.39 is 0 Å². The average Bonchev–Trinajstić information content (AvgIpc) is 3.01. The van der Waals surface area contributed by atoms with E-state index in [1.54, 1.807) is 0 Å². The lowest BCUT2D eigenvalue weighted by atomic mass is 9.62. The summed E-state index contributed by atoms with van der Waals surface area (Å²) in [5.74, 6) is 2.85. The third-order valence-electron chi connectivity index (χ3n) is 4.72. The van der Waals surface area contributed by atoms with Gasteiger partial charge < -0.3 is 5.32 Å². The van der Waals surface area contributed by atoms with Crippen LogP contribution in [-0.4, -0.2) is 13.1 Å². The smallest absolute Gasteiger partial charge is 0.00126 e. The monoisotopic (exact) mass is 195 g/mol. The van der Waals surface area contributed by atoms with Crippen molar-refractivity contribution in [2.45, 2.75) is 46.5 Å². The quantitative estimate of drug-likeness (QED) is 0.730. The second-order valence-corrected chi connectivity index (χ2v) is 5.67. The van der Waals surface area contributed by atoms with E-state index >= 15 is 0 Å². The zero-order valence-corrected chi connectivity index (χ0v) is 9.97. The number of nitrogens with one attached hydrogen (secondary N) is 1.